The van der Waals surface area contributed by atoms with Crippen molar-refractivity contribution in [1.82, 2.24) is 15.1 Å². The molecule has 1 aromatic carbocycles. The third-order valence-electron chi connectivity index (χ3n) is 4.14. The fourth-order valence-corrected chi connectivity index (χ4v) is 2.60. The van der Waals surface area contributed by atoms with Gasteiger partial charge in [0, 0.05) is 6.54 Å². The summed E-state index contributed by atoms with van der Waals surface area (Å²) in [5, 5.41) is 6.61. The summed E-state index contributed by atoms with van der Waals surface area (Å²) in [4.78, 5) is 37.8. The van der Waals surface area contributed by atoms with Gasteiger partial charge in [0.15, 0.2) is 0 Å². The maximum absolute atomic E-state index is 11.6. The molecule has 0 saturated carbocycles. The molecule has 2 rings (SSSR count). The highest BCUT2D eigenvalue weighted by atomic mass is 16.2. The Labute approximate surface area is 158 Å². The second kappa shape index (κ2) is 9.67. The van der Waals surface area contributed by atoms with Gasteiger partial charge < -0.3 is 16.0 Å². The minimum Gasteiger partial charge on any atom is -0.364 e. The number of nitrogens with zero attached hydrogens (tertiary/aromatic N) is 3. The molecule has 1 aromatic rings. The minimum absolute atomic E-state index is 0.0659. The number of anilines is 1. The van der Waals surface area contributed by atoms with Crippen molar-refractivity contribution in [2.24, 2.45) is 10.8 Å². The van der Waals surface area contributed by atoms with Crippen LogP contribution >= 0.6 is 0 Å². The van der Waals surface area contributed by atoms with Crippen LogP contribution in [0.2, 0.25) is 0 Å². The lowest BCUT2D eigenvalue weighted by Gasteiger charge is -2.12. The number of imide groups is 1. The molecule has 9 nitrogen and oxygen atoms in total. The van der Waals surface area contributed by atoms with Gasteiger partial charge in [-0.15, -0.1) is 0 Å². The molecule has 146 valence electrons. The average molecular weight is 374 g/mol. The molecule has 0 radical (unpaired) electrons. The van der Waals surface area contributed by atoms with Gasteiger partial charge in [-0.05, 0) is 57.6 Å². The Morgan fingerprint density at radius 3 is 2.56 bits per heavy atom. The van der Waals surface area contributed by atoms with E-state index in [9.17, 15) is 14.4 Å². The van der Waals surface area contributed by atoms with E-state index in [2.05, 4.69) is 15.8 Å². The summed E-state index contributed by atoms with van der Waals surface area (Å²) in [7, 11) is 3.93. The molecule has 0 aromatic heterocycles. The van der Waals surface area contributed by atoms with E-state index in [-0.39, 0.29) is 18.5 Å². The number of nitrogens with one attached hydrogen (secondary N) is 2. The molecule has 27 heavy (non-hydrogen) atoms. The number of primary amides is 1. The van der Waals surface area contributed by atoms with Crippen LogP contribution in [0.3, 0.4) is 0 Å². The predicted octanol–water partition coefficient (Wildman–Crippen LogP) is 0.376. The highest BCUT2D eigenvalue weighted by Crippen LogP contribution is 2.12. The number of hydrazone groups is 1. The van der Waals surface area contributed by atoms with Crippen LogP contribution in [0.4, 0.5) is 10.5 Å². The predicted molar refractivity (Wildman–Crippen MR) is 103 cm³/mol. The lowest BCUT2D eigenvalue weighted by Crippen LogP contribution is -2.32. The number of hydrogen-bond acceptors (Lipinski definition) is 6. The van der Waals surface area contributed by atoms with Gasteiger partial charge in [-0.2, -0.15) is 5.10 Å². The molecule has 4 N–H and O–H groups in total. The van der Waals surface area contributed by atoms with Crippen molar-refractivity contribution in [1.29, 1.82) is 0 Å². The average Bonchev–Trinajstić information content (AvgIpc) is 2.94. The van der Waals surface area contributed by atoms with Gasteiger partial charge in [0.1, 0.15) is 5.71 Å². The number of carbonyl (C=O) groups is 3. The van der Waals surface area contributed by atoms with Crippen LogP contribution in [-0.2, 0) is 16.0 Å². The van der Waals surface area contributed by atoms with Gasteiger partial charge in [-0.25, -0.2) is 4.79 Å². The Kier molecular flexibility index (Phi) is 7.30. The maximum atomic E-state index is 11.6. The SMILES string of the molecule is CN(C)CCC/C(=N/Nc1ccc(CCN2C(=O)CNC2=O)cc1)C(N)=O. The molecular formula is C18H26N6O3. The van der Waals surface area contributed by atoms with Gasteiger partial charge in [0.05, 0.1) is 12.2 Å². The molecular weight excluding hydrogens is 348 g/mol. The molecule has 1 saturated heterocycles. The highest BCUT2D eigenvalue weighted by Gasteiger charge is 2.27. The number of hydrogen-bond donors (Lipinski definition) is 3. The summed E-state index contributed by atoms with van der Waals surface area (Å²) in [6, 6.07) is 7.06. The highest BCUT2D eigenvalue weighted by molar-refractivity contribution is 6.38. The topological polar surface area (TPSA) is 120 Å². The Morgan fingerprint density at radius 2 is 2.00 bits per heavy atom. The molecule has 1 aliphatic heterocycles. The van der Waals surface area contributed by atoms with Crippen molar-refractivity contribution in [2.45, 2.75) is 19.3 Å². The zero-order valence-electron chi connectivity index (χ0n) is 15.7. The van der Waals surface area contributed by atoms with Gasteiger partial charge in [-0.1, -0.05) is 12.1 Å². The zero-order chi connectivity index (χ0) is 19.8. The van der Waals surface area contributed by atoms with Crippen molar-refractivity contribution in [3.8, 4) is 0 Å². The van der Waals surface area contributed by atoms with E-state index in [0.717, 1.165) is 24.2 Å². The van der Waals surface area contributed by atoms with E-state index in [1.807, 2.05) is 43.3 Å². The van der Waals surface area contributed by atoms with Gasteiger partial charge in [0.25, 0.3) is 5.91 Å². The van der Waals surface area contributed by atoms with Crippen LogP contribution in [0.1, 0.15) is 18.4 Å². The summed E-state index contributed by atoms with van der Waals surface area (Å²) in [5.74, 6) is -0.743. The van der Waals surface area contributed by atoms with E-state index in [0.29, 0.717) is 25.1 Å². The van der Waals surface area contributed by atoms with Crippen LogP contribution in [0.25, 0.3) is 0 Å². The van der Waals surface area contributed by atoms with Crippen LogP contribution in [-0.4, -0.2) is 67.1 Å². The number of benzene rings is 1. The molecule has 0 aliphatic carbocycles. The molecule has 9 heteroatoms. The first-order valence-corrected chi connectivity index (χ1v) is 8.81. The molecule has 1 heterocycles. The molecule has 4 amide bonds. The second-order valence-electron chi connectivity index (χ2n) is 6.59. The van der Waals surface area contributed by atoms with Crippen molar-refractivity contribution in [2.75, 3.05) is 39.2 Å². The maximum Gasteiger partial charge on any atom is 0.324 e. The van der Waals surface area contributed by atoms with E-state index in [1.165, 1.54) is 4.90 Å². The first-order chi connectivity index (χ1) is 12.9. The molecule has 0 atom stereocenters. The number of carbonyl (C=O) groups excluding carboxylic acids is 3. The van der Waals surface area contributed by atoms with Crippen molar-refractivity contribution < 1.29 is 14.4 Å². The van der Waals surface area contributed by atoms with Crippen molar-refractivity contribution in [3.63, 3.8) is 0 Å². The number of rotatable bonds is 10. The summed E-state index contributed by atoms with van der Waals surface area (Å²) < 4.78 is 0. The fraction of sp³-hybridized carbons (Fsp3) is 0.444. The van der Waals surface area contributed by atoms with E-state index in [4.69, 9.17) is 5.73 Å². The number of amides is 4. The van der Waals surface area contributed by atoms with Crippen LogP contribution in [0, 0.1) is 0 Å². The second-order valence-corrected chi connectivity index (χ2v) is 6.59. The third-order valence-corrected chi connectivity index (χ3v) is 4.14. The standard InChI is InChI=1S/C18H26N6O3/c1-23(2)10-3-4-15(17(19)26)22-21-14-7-5-13(6-8-14)9-11-24-16(25)12-20-18(24)27/h5-8,21H,3-4,9-12H2,1-2H3,(H2,19,26)(H,20,27)/b22-15-. The third kappa shape index (κ3) is 6.37. The van der Waals surface area contributed by atoms with Crippen LogP contribution in [0.5, 0.6) is 0 Å². The smallest absolute Gasteiger partial charge is 0.324 e. The molecule has 1 fully saturated rings. The van der Waals surface area contributed by atoms with E-state index in [1.54, 1.807) is 0 Å². The van der Waals surface area contributed by atoms with Gasteiger partial charge >= 0.3 is 6.03 Å². The van der Waals surface area contributed by atoms with E-state index < -0.39 is 5.91 Å². The molecule has 0 spiro atoms. The summed E-state index contributed by atoms with van der Waals surface area (Å²) in [5.41, 5.74) is 10.2. The monoisotopic (exact) mass is 374 g/mol. The normalized spacial score (nSPS) is 14.6. The lowest BCUT2D eigenvalue weighted by atomic mass is 10.1. The summed E-state index contributed by atoms with van der Waals surface area (Å²) >= 11 is 0. The van der Waals surface area contributed by atoms with Gasteiger partial charge in [0.2, 0.25) is 5.91 Å². The number of nitrogens with two attached hydrogens (primary N) is 1. The first kappa shape index (κ1) is 20.4. The fourth-order valence-electron chi connectivity index (χ4n) is 2.60. The summed E-state index contributed by atoms with van der Waals surface area (Å²) in [6.07, 6.45) is 1.86. The van der Waals surface area contributed by atoms with Crippen molar-refractivity contribution in [3.05, 3.63) is 29.8 Å². The molecule has 0 unspecified atom stereocenters. The quantitative estimate of drug-likeness (QED) is 0.311. The molecule has 0 bridgehead atoms. The Morgan fingerprint density at radius 1 is 1.30 bits per heavy atom. The lowest BCUT2D eigenvalue weighted by molar-refractivity contribution is -0.125. The van der Waals surface area contributed by atoms with Crippen molar-refractivity contribution >= 4 is 29.2 Å². The Hall–Kier alpha value is -2.94. The zero-order valence-corrected chi connectivity index (χ0v) is 15.7. The first-order valence-electron chi connectivity index (χ1n) is 8.81. The Balaban J connectivity index is 1.87. The van der Waals surface area contributed by atoms with Gasteiger partial charge in [-0.3, -0.25) is 19.9 Å². The summed E-state index contributed by atoms with van der Waals surface area (Å²) in [6.45, 7) is 1.25. The van der Waals surface area contributed by atoms with Crippen LogP contribution in [0.15, 0.2) is 29.4 Å². The Bertz CT molecular complexity index is 698. The van der Waals surface area contributed by atoms with Crippen LogP contribution < -0.4 is 16.5 Å². The minimum atomic E-state index is -0.536. The molecule has 1 aliphatic rings. The number of urea groups is 1. The van der Waals surface area contributed by atoms with E-state index >= 15 is 0 Å². The largest absolute Gasteiger partial charge is 0.364 e.